The summed E-state index contributed by atoms with van der Waals surface area (Å²) in [5.74, 6) is 0. The maximum atomic E-state index is 2.49. The minimum Gasteiger partial charge on any atom is -1.00 e. The maximum Gasteiger partial charge on any atom is 4.00 e. The first-order chi connectivity index (χ1) is 20.0. The third kappa shape index (κ3) is 7.12. The Labute approximate surface area is 321 Å². The fourth-order valence-corrected chi connectivity index (χ4v) is 14.1. The number of hydrogen-bond donors (Lipinski definition) is 0. The van der Waals surface area contributed by atoms with Gasteiger partial charge in [-0.25, -0.2) is 0 Å². The molecule has 0 aliphatic rings. The van der Waals surface area contributed by atoms with Crippen LogP contribution in [0, 0.1) is 69.2 Å². The summed E-state index contributed by atoms with van der Waals surface area (Å²) >= 11 is 0. The van der Waals surface area contributed by atoms with Crippen LogP contribution in [0.1, 0.15) is 55.6 Å². The number of halogens is 3. The summed E-state index contributed by atoms with van der Waals surface area (Å²) in [6.07, 6.45) is 0. The Morgan fingerprint density at radius 2 is 0.702 bits per heavy atom. The number of nitrogens with zero attached hydrogens (tertiary/aromatic N) is 3. The third-order valence-electron chi connectivity index (χ3n) is 10.7. The molecule has 47 heavy (non-hydrogen) atoms. The molecule has 0 saturated carbocycles. The van der Waals surface area contributed by atoms with E-state index in [1.807, 2.05) is 0 Å². The van der Waals surface area contributed by atoms with Crippen LogP contribution in [-0.2, 0) is 21.7 Å². The van der Waals surface area contributed by atoms with Crippen molar-refractivity contribution in [3.8, 4) is 0 Å². The van der Waals surface area contributed by atoms with Gasteiger partial charge >= 0.3 is 21.7 Å². The molecule has 4 rings (SSSR count). The van der Waals surface area contributed by atoms with Crippen molar-refractivity contribution in [3.63, 3.8) is 0 Å². The Morgan fingerprint density at radius 3 is 0.915 bits per heavy atom. The fourth-order valence-electron chi connectivity index (χ4n) is 7.71. The van der Waals surface area contributed by atoms with Crippen LogP contribution in [0.2, 0.25) is 0 Å². The molecule has 4 aromatic rings. The van der Waals surface area contributed by atoms with Crippen LogP contribution in [0.4, 0.5) is 17.1 Å². The zero-order valence-electron chi connectivity index (χ0n) is 31.4. The average Bonchev–Trinajstić information content (AvgIpc) is 3.13. The van der Waals surface area contributed by atoms with Gasteiger partial charge in [-0.2, -0.15) is 27.4 Å². The Bertz CT molecular complexity index is 1540. The minimum atomic E-state index is -2.86. The molecule has 0 aliphatic heterocycles. The van der Waals surface area contributed by atoms with Crippen molar-refractivity contribution in [2.45, 2.75) is 69.2 Å². The van der Waals surface area contributed by atoms with Crippen LogP contribution in [0.5, 0.6) is 0 Å². The second kappa shape index (κ2) is 16.7. The van der Waals surface area contributed by atoms with Crippen LogP contribution in [0.25, 0.3) is 0 Å². The minimum absolute atomic E-state index is 0. The summed E-state index contributed by atoms with van der Waals surface area (Å²) in [5, 5.41) is 6.09. The number of benzene rings is 3. The second-order valence-corrected chi connectivity index (χ2v) is 17.1. The molecule has 0 bridgehead atoms. The Hall–Kier alpha value is -1.79. The largest absolute Gasteiger partial charge is 4.00 e. The third-order valence-corrected chi connectivity index (χ3v) is 16.3. The Morgan fingerprint density at radius 1 is 0.426 bits per heavy atom. The molecule has 0 fully saturated rings. The zero-order valence-corrected chi connectivity index (χ0v) is 36.3. The molecule has 0 saturated heterocycles. The summed E-state index contributed by atoms with van der Waals surface area (Å²) in [6, 6.07) is 14.6. The van der Waals surface area contributed by atoms with Gasteiger partial charge in [0, 0.05) is 59.3 Å². The van der Waals surface area contributed by atoms with E-state index in [1.165, 1.54) is 88.3 Å². The molecule has 0 radical (unpaired) electrons. The average molecular weight is 747 g/mol. The second-order valence-electron chi connectivity index (χ2n) is 13.5. The first-order valence-electron chi connectivity index (χ1n) is 15.6. The summed E-state index contributed by atoms with van der Waals surface area (Å²) in [7, 11) is 10.1. The first-order valence-corrected chi connectivity index (χ1v) is 17.6. The van der Waals surface area contributed by atoms with Crippen LogP contribution < -0.4 is 72.7 Å². The van der Waals surface area contributed by atoms with E-state index < -0.39 is 8.07 Å². The van der Waals surface area contributed by atoms with Gasteiger partial charge in [0.1, 0.15) is 0 Å². The van der Waals surface area contributed by atoms with Gasteiger partial charge in [-0.1, -0.05) is 45.9 Å². The van der Waals surface area contributed by atoms with Crippen molar-refractivity contribution in [2.75, 3.05) is 57.0 Å². The van der Waals surface area contributed by atoms with Gasteiger partial charge in [0.2, 0.25) is 0 Å². The number of hydrogen-bond acceptors (Lipinski definition) is 3. The van der Waals surface area contributed by atoms with Gasteiger partial charge in [-0.05, 0) is 109 Å². The molecule has 0 N–H and O–H groups in total. The van der Waals surface area contributed by atoms with E-state index in [2.05, 4.69) is 163 Å². The molecule has 4 aromatic carbocycles. The molecule has 0 spiro atoms. The topological polar surface area (TPSA) is 9.72 Å². The van der Waals surface area contributed by atoms with Crippen LogP contribution in [-0.4, -0.2) is 50.4 Å². The van der Waals surface area contributed by atoms with E-state index >= 15 is 0 Å². The molecule has 0 heterocycles. The van der Waals surface area contributed by atoms with Crippen LogP contribution in [0.3, 0.4) is 0 Å². The quantitative estimate of drug-likeness (QED) is 0.114. The molecule has 0 atom stereocenters. The molecule has 0 amide bonds. The molecule has 0 aliphatic carbocycles. The van der Waals surface area contributed by atoms with Crippen molar-refractivity contribution in [3.05, 3.63) is 92.0 Å². The molecular formula is C39H54Cl3N3SiTi. The van der Waals surface area contributed by atoms with Gasteiger partial charge in [-0.15, -0.1) is 0 Å². The van der Waals surface area contributed by atoms with E-state index in [-0.39, 0.29) is 58.9 Å². The summed E-state index contributed by atoms with van der Waals surface area (Å²) in [6.45, 7) is 23.5. The van der Waals surface area contributed by atoms with Gasteiger partial charge in [0.25, 0.3) is 0 Å². The first kappa shape index (κ1) is 45.2. The van der Waals surface area contributed by atoms with E-state index in [4.69, 9.17) is 0 Å². The van der Waals surface area contributed by atoms with Crippen molar-refractivity contribution in [1.82, 2.24) is 0 Å². The number of rotatable bonds is 7. The predicted octanol–water partition coefficient (Wildman–Crippen LogP) is -2.93. The maximum absolute atomic E-state index is 2.86. The van der Waals surface area contributed by atoms with Gasteiger partial charge < -0.3 is 51.9 Å². The predicted molar refractivity (Wildman–Crippen MR) is 196 cm³/mol. The van der Waals surface area contributed by atoms with Crippen LogP contribution in [0.15, 0.2) is 36.4 Å². The SMILES string of the molecule is Cc1c(N(C)C)ccc([Si](c2ccc(N(C)C)c(C)c2C)(c2ccc(N(C)C)c(C)c2C)c2c(C)c(C)c(C)[c-]2C)c1C.[Cl-].[Cl-].[Cl-].[Ti+4]. The molecule has 8 heteroatoms. The van der Waals surface area contributed by atoms with Gasteiger partial charge in [-0.3, -0.25) is 0 Å². The summed E-state index contributed by atoms with van der Waals surface area (Å²) < 4.78 is 0. The molecule has 3 nitrogen and oxygen atoms in total. The van der Waals surface area contributed by atoms with Gasteiger partial charge in [0.15, 0.2) is 8.07 Å². The van der Waals surface area contributed by atoms with Crippen molar-refractivity contribution in [1.29, 1.82) is 0 Å². The molecule has 0 unspecified atom stereocenters. The molecular weight excluding hydrogens is 693 g/mol. The van der Waals surface area contributed by atoms with E-state index in [1.54, 1.807) is 5.19 Å². The van der Waals surface area contributed by atoms with Crippen molar-refractivity contribution >= 4 is 45.9 Å². The van der Waals surface area contributed by atoms with Crippen molar-refractivity contribution < 1.29 is 58.9 Å². The monoisotopic (exact) mass is 745 g/mol. The fraction of sp³-hybridized carbons (Fsp3) is 0.410. The normalized spacial score (nSPS) is 10.7. The van der Waals surface area contributed by atoms with E-state index in [9.17, 15) is 0 Å². The Kier molecular flexibility index (Phi) is 16.1. The smallest absolute Gasteiger partial charge is 1.00 e. The summed E-state index contributed by atoms with van der Waals surface area (Å²) in [4.78, 5) is 6.77. The zero-order chi connectivity index (χ0) is 32.3. The molecule has 0 aromatic heterocycles. The standard InChI is InChI=1S/C39H54N3Si.3ClH.Ti/c1-23-24(2)32(10)39(31(23)9)43(36-20-17-33(40(11)12)25(3)28(36)6,37-21-18-34(41(13)14)26(4)29(37)7)38-22-19-35(42(15)16)27(5)30(38)8;;;;/h17-22H,1-16H3;3*1H;/q-1;;;;+4/p-3. The van der Waals surface area contributed by atoms with E-state index in [0.29, 0.717) is 0 Å². The Balaban J connectivity index is 0.00000529. The van der Waals surface area contributed by atoms with Crippen molar-refractivity contribution in [2.24, 2.45) is 0 Å². The van der Waals surface area contributed by atoms with E-state index in [0.717, 1.165) is 0 Å². The van der Waals surface area contributed by atoms with Crippen LogP contribution >= 0.6 is 0 Å². The molecule has 254 valence electrons. The van der Waals surface area contributed by atoms with Gasteiger partial charge in [0.05, 0.1) is 0 Å². The number of anilines is 3. The summed E-state index contributed by atoms with van der Waals surface area (Å²) in [5.41, 5.74) is 18.0.